The number of benzene rings is 3. The molecule has 0 saturated heterocycles. The number of aromatic hydroxyl groups is 1. The Morgan fingerprint density at radius 3 is 2.19 bits per heavy atom. The molecule has 5 aromatic rings. The molecule has 3 aromatic carbocycles. The van der Waals surface area contributed by atoms with E-state index in [0.717, 1.165) is 38.2 Å². The van der Waals surface area contributed by atoms with Crippen molar-refractivity contribution in [2.45, 2.75) is 20.0 Å². The fourth-order valence-corrected chi connectivity index (χ4v) is 5.13. The fourth-order valence-electron chi connectivity index (χ4n) is 5.13. The highest BCUT2D eigenvalue weighted by atomic mass is 16.5. The number of aryl methyl sites for hydroxylation is 3. The van der Waals surface area contributed by atoms with E-state index in [1.54, 1.807) is 31.3 Å². The van der Waals surface area contributed by atoms with Gasteiger partial charge in [-0.25, -0.2) is 4.79 Å². The van der Waals surface area contributed by atoms with Crippen molar-refractivity contribution < 1.29 is 9.84 Å². The number of hydrogen-bond acceptors (Lipinski definition) is 4. The van der Waals surface area contributed by atoms with E-state index in [0.29, 0.717) is 22.3 Å². The van der Waals surface area contributed by atoms with Gasteiger partial charge < -0.3 is 14.4 Å². The molecule has 0 aliphatic carbocycles. The summed E-state index contributed by atoms with van der Waals surface area (Å²) < 4.78 is 11.3. The van der Waals surface area contributed by atoms with Gasteiger partial charge >= 0.3 is 5.69 Å². The molecule has 0 fully saturated rings. The molecule has 1 aliphatic heterocycles. The van der Waals surface area contributed by atoms with Crippen LogP contribution in [0, 0.1) is 13.8 Å². The highest BCUT2D eigenvalue weighted by Crippen LogP contribution is 2.47. The van der Waals surface area contributed by atoms with Gasteiger partial charge in [-0.1, -0.05) is 48.0 Å². The summed E-state index contributed by atoms with van der Waals surface area (Å²) in [5.41, 5.74) is 5.80. The number of hydrogen-bond donors (Lipinski definition) is 1. The monoisotopic (exact) mass is 479 g/mol. The van der Waals surface area contributed by atoms with Crippen LogP contribution in [0.1, 0.15) is 28.5 Å². The van der Waals surface area contributed by atoms with E-state index in [9.17, 15) is 14.7 Å². The molecule has 0 radical (unpaired) electrons. The Balaban J connectivity index is 1.86. The van der Waals surface area contributed by atoms with Crippen LogP contribution in [0.3, 0.4) is 0 Å². The minimum atomic E-state index is -0.611. The predicted octanol–water partition coefficient (Wildman–Crippen LogP) is 4.50. The minimum absolute atomic E-state index is 0.146. The highest BCUT2D eigenvalue weighted by molar-refractivity contribution is 5.98. The second-order valence-corrected chi connectivity index (χ2v) is 9.43. The normalized spacial score (nSPS) is 14.4. The topological polar surface area (TPSA) is 78.4 Å². The largest absolute Gasteiger partial charge is 0.508 e. The van der Waals surface area contributed by atoms with Crippen molar-refractivity contribution in [3.63, 3.8) is 0 Å². The van der Waals surface area contributed by atoms with Gasteiger partial charge in [-0.2, -0.15) is 0 Å². The van der Waals surface area contributed by atoms with Gasteiger partial charge in [0.15, 0.2) is 6.10 Å². The first kappa shape index (κ1) is 22.0. The molecule has 7 heteroatoms. The molecule has 0 saturated carbocycles. The summed E-state index contributed by atoms with van der Waals surface area (Å²) in [5, 5.41) is 10.4. The maximum absolute atomic E-state index is 13.7. The zero-order chi connectivity index (χ0) is 25.3. The minimum Gasteiger partial charge on any atom is -0.508 e. The molecule has 0 amide bonds. The first-order chi connectivity index (χ1) is 17.3. The van der Waals surface area contributed by atoms with E-state index in [4.69, 9.17) is 4.74 Å². The van der Waals surface area contributed by atoms with Crippen molar-refractivity contribution in [2.24, 2.45) is 14.1 Å². The first-order valence-electron chi connectivity index (χ1n) is 11.7. The average molecular weight is 480 g/mol. The molecule has 0 bridgehead atoms. The van der Waals surface area contributed by atoms with Gasteiger partial charge in [0.05, 0.1) is 28.0 Å². The maximum Gasteiger partial charge on any atom is 0.331 e. The molecule has 1 unspecified atom stereocenters. The fraction of sp³-hybridized carbons (Fsp3) is 0.172. The Hall–Kier alpha value is -4.52. The van der Waals surface area contributed by atoms with Gasteiger partial charge in [0.2, 0.25) is 0 Å². The quantitative estimate of drug-likeness (QED) is 0.404. The van der Waals surface area contributed by atoms with Gasteiger partial charge in [0.1, 0.15) is 11.5 Å². The van der Waals surface area contributed by atoms with E-state index in [1.807, 2.05) is 56.3 Å². The van der Waals surface area contributed by atoms with Crippen LogP contribution in [0.15, 0.2) is 76.3 Å². The first-order valence-corrected chi connectivity index (χ1v) is 11.7. The van der Waals surface area contributed by atoms with Crippen LogP contribution in [-0.4, -0.2) is 18.8 Å². The molecule has 2 aromatic heterocycles. The lowest BCUT2D eigenvalue weighted by atomic mass is 10.0. The number of ether oxygens (including phenoxy) is 1. The number of nitrogens with zero attached hydrogens (tertiary/aromatic N) is 3. The summed E-state index contributed by atoms with van der Waals surface area (Å²) in [6, 6.07) is 20.8. The number of phenols is 1. The maximum atomic E-state index is 13.7. The predicted molar refractivity (Wildman–Crippen MR) is 139 cm³/mol. The van der Waals surface area contributed by atoms with Gasteiger partial charge in [-0.15, -0.1) is 0 Å². The van der Waals surface area contributed by atoms with Crippen molar-refractivity contribution in [3.05, 3.63) is 110 Å². The van der Waals surface area contributed by atoms with E-state index in [1.165, 1.54) is 11.6 Å². The van der Waals surface area contributed by atoms with Gasteiger partial charge in [0, 0.05) is 14.1 Å². The smallest absolute Gasteiger partial charge is 0.331 e. The molecule has 7 nitrogen and oxygen atoms in total. The molecule has 3 heterocycles. The Morgan fingerprint density at radius 1 is 0.833 bits per heavy atom. The zero-order valence-electron chi connectivity index (χ0n) is 20.4. The highest BCUT2D eigenvalue weighted by Gasteiger charge is 2.36. The van der Waals surface area contributed by atoms with Crippen LogP contribution in [0.2, 0.25) is 0 Å². The molecular weight excluding hydrogens is 454 g/mol. The molecule has 1 atom stereocenters. The van der Waals surface area contributed by atoms with Crippen LogP contribution in [0.5, 0.6) is 11.5 Å². The second kappa shape index (κ2) is 7.75. The summed E-state index contributed by atoms with van der Waals surface area (Å²) in [6.45, 7) is 4.03. The molecule has 1 aliphatic rings. The van der Waals surface area contributed by atoms with Crippen LogP contribution >= 0.6 is 0 Å². The summed E-state index contributed by atoms with van der Waals surface area (Å²) in [4.78, 5) is 26.8. The molecule has 6 rings (SSSR count). The molecule has 0 spiro atoms. The average Bonchev–Trinajstić information content (AvgIpc) is 3.23. The Morgan fingerprint density at radius 2 is 1.50 bits per heavy atom. The third-order valence-corrected chi connectivity index (χ3v) is 6.98. The number of phenolic OH excluding ortho intramolecular Hbond substituents is 1. The van der Waals surface area contributed by atoms with Crippen molar-refractivity contribution in [1.82, 2.24) is 13.7 Å². The molecular formula is C29H25N3O4. The number of aromatic nitrogens is 3. The second-order valence-electron chi connectivity index (χ2n) is 9.43. The summed E-state index contributed by atoms with van der Waals surface area (Å²) >= 11 is 0. The van der Waals surface area contributed by atoms with Crippen molar-refractivity contribution in [1.29, 1.82) is 0 Å². The zero-order valence-corrected chi connectivity index (χ0v) is 20.4. The summed E-state index contributed by atoms with van der Waals surface area (Å²) in [5.74, 6) is 0.814. The molecule has 36 heavy (non-hydrogen) atoms. The SMILES string of the molecule is Cc1ccc(-c2c3c(=O)n(C)c(=O)n(C)c3c3n2-c2cc(C)ccc2OC3c2ccc(O)cc2)cc1. The van der Waals surface area contributed by atoms with Gasteiger partial charge in [-0.3, -0.25) is 13.9 Å². The van der Waals surface area contributed by atoms with E-state index in [2.05, 4.69) is 4.57 Å². The van der Waals surface area contributed by atoms with E-state index in [-0.39, 0.29) is 11.3 Å². The lowest BCUT2D eigenvalue weighted by Gasteiger charge is -2.30. The van der Waals surface area contributed by atoms with Crippen molar-refractivity contribution in [3.8, 4) is 28.4 Å². The lowest BCUT2D eigenvalue weighted by molar-refractivity contribution is 0.229. The number of fused-ring (bicyclic) bond motifs is 5. The Bertz CT molecular complexity index is 1790. The van der Waals surface area contributed by atoms with Crippen LogP contribution in [0.4, 0.5) is 0 Å². The van der Waals surface area contributed by atoms with Crippen molar-refractivity contribution in [2.75, 3.05) is 0 Å². The number of rotatable bonds is 2. The van der Waals surface area contributed by atoms with E-state index < -0.39 is 11.8 Å². The van der Waals surface area contributed by atoms with Crippen LogP contribution in [-0.2, 0) is 14.1 Å². The standard InChI is InChI=1S/C29H25N3O4/c1-16-5-8-18(9-6-16)24-23-25(30(3)29(35)31(4)28(23)34)26-27(19-10-12-20(33)13-11-19)36-22-14-7-17(2)15-21(22)32(24)26/h5-15,27,33H,1-4H3. The summed E-state index contributed by atoms with van der Waals surface area (Å²) in [6.07, 6.45) is -0.611. The molecule has 1 N–H and O–H groups in total. The third kappa shape index (κ3) is 3.05. The van der Waals surface area contributed by atoms with Gasteiger partial charge in [-0.05, 0) is 54.8 Å². The van der Waals surface area contributed by atoms with Gasteiger partial charge in [0.25, 0.3) is 5.56 Å². The summed E-state index contributed by atoms with van der Waals surface area (Å²) in [7, 11) is 3.19. The van der Waals surface area contributed by atoms with Crippen LogP contribution < -0.4 is 16.0 Å². The van der Waals surface area contributed by atoms with Crippen molar-refractivity contribution >= 4 is 10.9 Å². The Labute approximate surface area is 207 Å². The third-order valence-electron chi connectivity index (χ3n) is 6.98. The molecule has 180 valence electrons. The van der Waals surface area contributed by atoms with E-state index >= 15 is 0 Å². The lowest BCUT2D eigenvalue weighted by Crippen LogP contribution is -2.37. The Kier molecular flexibility index (Phi) is 4.73. The van der Waals surface area contributed by atoms with Crippen LogP contribution in [0.25, 0.3) is 27.8 Å².